The van der Waals surface area contributed by atoms with Crippen LogP contribution in [0.1, 0.15) is 43.7 Å². The molecule has 0 aromatic heterocycles. The van der Waals surface area contributed by atoms with Gasteiger partial charge in [-0.15, -0.1) is 0 Å². The molecule has 1 aliphatic heterocycles. The summed E-state index contributed by atoms with van der Waals surface area (Å²) in [6, 6.07) is 6.30. The van der Waals surface area contributed by atoms with Crippen LogP contribution in [-0.2, 0) is 22.4 Å². The molecule has 5 nitrogen and oxygen atoms in total. The lowest BCUT2D eigenvalue weighted by Gasteiger charge is -2.26. The number of ether oxygens (including phenoxy) is 2. The van der Waals surface area contributed by atoms with Crippen molar-refractivity contribution in [3.05, 3.63) is 29.3 Å². The fraction of sp³-hybridized carbons (Fsp3) is 0.667. The van der Waals surface area contributed by atoms with Gasteiger partial charge < -0.3 is 14.8 Å². The number of morpholine rings is 1. The second-order valence-electron chi connectivity index (χ2n) is 7.25. The van der Waals surface area contributed by atoms with E-state index in [4.69, 9.17) is 9.47 Å². The van der Waals surface area contributed by atoms with Crippen LogP contribution in [0.3, 0.4) is 0 Å². The molecule has 1 heterocycles. The van der Waals surface area contributed by atoms with Crippen molar-refractivity contribution in [3.8, 4) is 5.75 Å². The zero-order valence-electron chi connectivity index (χ0n) is 16.0. The van der Waals surface area contributed by atoms with Crippen molar-refractivity contribution in [3.63, 3.8) is 0 Å². The van der Waals surface area contributed by atoms with Crippen LogP contribution >= 0.6 is 0 Å². The molecule has 1 aromatic carbocycles. The molecule has 0 saturated carbocycles. The molecule has 1 aliphatic carbocycles. The van der Waals surface area contributed by atoms with Crippen LogP contribution in [-0.4, -0.2) is 56.3 Å². The molecule has 0 unspecified atom stereocenters. The summed E-state index contributed by atoms with van der Waals surface area (Å²) in [6.07, 6.45) is 6.02. The summed E-state index contributed by atoms with van der Waals surface area (Å²) in [5.41, 5.74) is 2.82. The molecule has 1 atom stereocenters. The standard InChI is InChI=1S/C21H32N2O3/c1-2-20(21(24)22-10-5-11-23-12-14-25-15-13-23)26-19-9-8-17-6-3-4-7-18(17)16-19/h8-9,16,20H,2-7,10-15H2,1H3,(H,22,24)/t20-/m1/s1. The van der Waals surface area contributed by atoms with Crippen molar-refractivity contribution < 1.29 is 14.3 Å². The molecule has 1 N–H and O–H groups in total. The van der Waals surface area contributed by atoms with Gasteiger partial charge >= 0.3 is 0 Å². The van der Waals surface area contributed by atoms with Gasteiger partial charge in [-0.25, -0.2) is 0 Å². The maximum absolute atomic E-state index is 12.4. The molecule has 0 spiro atoms. The number of benzene rings is 1. The van der Waals surface area contributed by atoms with E-state index >= 15 is 0 Å². The first kappa shape index (κ1) is 19.2. The molecule has 3 rings (SSSR count). The molecule has 2 aliphatic rings. The Morgan fingerprint density at radius 2 is 2.00 bits per heavy atom. The second kappa shape index (κ2) is 9.93. The molecule has 0 radical (unpaired) electrons. The van der Waals surface area contributed by atoms with E-state index in [1.165, 1.54) is 24.0 Å². The number of fused-ring (bicyclic) bond motifs is 1. The van der Waals surface area contributed by atoms with E-state index in [9.17, 15) is 4.79 Å². The zero-order chi connectivity index (χ0) is 18.2. The van der Waals surface area contributed by atoms with Gasteiger partial charge in [-0.05, 0) is 68.3 Å². The van der Waals surface area contributed by atoms with Gasteiger partial charge in [0.2, 0.25) is 0 Å². The van der Waals surface area contributed by atoms with E-state index < -0.39 is 6.10 Å². The minimum Gasteiger partial charge on any atom is -0.481 e. The highest BCUT2D eigenvalue weighted by molar-refractivity contribution is 5.81. The summed E-state index contributed by atoms with van der Waals surface area (Å²) in [7, 11) is 0. The van der Waals surface area contributed by atoms with Gasteiger partial charge in [-0.3, -0.25) is 9.69 Å². The fourth-order valence-corrected chi connectivity index (χ4v) is 3.72. The van der Waals surface area contributed by atoms with Gasteiger partial charge in [0.1, 0.15) is 5.75 Å². The van der Waals surface area contributed by atoms with Gasteiger partial charge in [-0.1, -0.05) is 13.0 Å². The van der Waals surface area contributed by atoms with Crippen molar-refractivity contribution in [2.45, 2.75) is 51.6 Å². The molecule has 1 fully saturated rings. The summed E-state index contributed by atoms with van der Waals surface area (Å²) in [6.45, 7) is 7.32. The summed E-state index contributed by atoms with van der Waals surface area (Å²) < 4.78 is 11.4. The number of carbonyl (C=O) groups is 1. The third kappa shape index (κ3) is 5.45. The van der Waals surface area contributed by atoms with Gasteiger partial charge in [0.05, 0.1) is 13.2 Å². The fourth-order valence-electron chi connectivity index (χ4n) is 3.72. The molecule has 26 heavy (non-hydrogen) atoms. The lowest BCUT2D eigenvalue weighted by atomic mass is 9.92. The van der Waals surface area contributed by atoms with E-state index in [2.05, 4.69) is 22.3 Å². The molecule has 1 aromatic rings. The highest BCUT2D eigenvalue weighted by Crippen LogP contribution is 2.26. The predicted molar refractivity (Wildman–Crippen MR) is 103 cm³/mol. The van der Waals surface area contributed by atoms with E-state index in [0.717, 1.165) is 57.9 Å². The summed E-state index contributed by atoms with van der Waals surface area (Å²) >= 11 is 0. The number of nitrogens with zero attached hydrogens (tertiary/aromatic N) is 1. The first-order valence-corrected chi connectivity index (χ1v) is 10.1. The summed E-state index contributed by atoms with van der Waals surface area (Å²) in [4.78, 5) is 14.8. The minimum atomic E-state index is -0.417. The Morgan fingerprint density at radius 3 is 2.77 bits per heavy atom. The number of nitrogens with one attached hydrogen (secondary N) is 1. The lowest BCUT2D eigenvalue weighted by Crippen LogP contribution is -2.41. The van der Waals surface area contributed by atoms with Gasteiger partial charge in [-0.2, -0.15) is 0 Å². The highest BCUT2D eigenvalue weighted by Gasteiger charge is 2.19. The topological polar surface area (TPSA) is 50.8 Å². The Kier molecular flexibility index (Phi) is 7.32. The first-order valence-electron chi connectivity index (χ1n) is 10.1. The Balaban J connectivity index is 1.43. The van der Waals surface area contributed by atoms with E-state index in [1.54, 1.807) is 0 Å². The van der Waals surface area contributed by atoms with Crippen molar-refractivity contribution in [1.29, 1.82) is 0 Å². The van der Waals surface area contributed by atoms with Crippen molar-refractivity contribution in [1.82, 2.24) is 10.2 Å². The highest BCUT2D eigenvalue weighted by atomic mass is 16.5. The van der Waals surface area contributed by atoms with Crippen molar-refractivity contribution in [2.75, 3.05) is 39.4 Å². The van der Waals surface area contributed by atoms with Crippen LogP contribution in [0.5, 0.6) is 5.75 Å². The number of hydrogen-bond donors (Lipinski definition) is 1. The maximum atomic E-state index is 12.4. The number of amides is 1. The zero-order valence-corrected chi connectivity index (χ0v) is 16.0. The van der Waals surface area contributed by atoms with Crippen LogP contribution in [0.4, 0.5) is 0 Å². The Bertz CT molecular complexity index is 585. The van der Waals surface area contributed by atoms with Crippen molar-refractivity contribution in [2.24, 2.45) is 0 Å². The SMILES string of the molecule is CC[C@@H](Oc1ccc2c(c1)CCCC2)C(=O)NCCCN1CCOCC1. The Morgan fingerprint density at radius 1 is 1.23 bits per heavy atom. The number of aryl methyl sites for hydroxylation is 2. The minimum absolute atomic E-state index is 0.00722. The molecule has 0 bridgehead atoms. The molecular formula is C21H32N2O3. The average molecular weight is 360 g/mol. The molecule has 5 heteroatoms. The lowest BCUT2D eigenvalue weighted by molar-refractivity contribution is -0.128. The smallest absolute Gasteiger partial charge is 0.261 e. The van der Waals surface area contributed by atoms with E-state index in [-0.39, 0.29) is 5.91 Å². The normalized spacial score (nSPS) is 18.8. The van der Waals surface area contributed by atoms with E-state index in [1.807, 2.05) is 13.0 Å². The third-order valence-electron chi connectivity index (χ3n) is 5.32. The molecule has 144 valence electrons. The second-order valence-corrected chi connectivity index (χ2v) is 7.25. The van der Waals surface area contributed by atoms with Gasteiger partial charge in [0.25, 0.3) is 5.91 Å². The maximum Gasteiger partial charge on any atom is 0.261 e. The van der Waals surface area contributed by atoms with E-state index in [0.29, 0.717) is 13.0 Å². The van der Waals surface area contributed by atoms with Crippen LogP contribution in [0.25, 0.3) is 0 Å². The largest absolute Gasteiger partial charge is 0.481 e. The Labute approximate surface area is 157 Å². The van der Waals surface area contributed by atoms with Crippen LogP contribution in [0.2, 0.25) is 0 Å². The molecule has 1 amide bonds. The average Bonchev–Trinajstić information content (AvgIpc) is 2.70. The third-order valence-corrected chi connectivity index (χ3v) is 5.32. The summed E-state index contributed by atoms with van der Waals surface area (Å²) in [5.74, 6) is 0.813. The predicted octanol–water partition coefficient (Wildman–Crippen LogP) is 2.56. The first-order chi connectivity index (χ1) is 12.8. The summed E-state index contributed by atoms with van der Waals surface area (Å²) in [5, 5.41) is 3.03. The van der Waals surface area contributed by atoms with Crippen molar-refractivity contribution >= 4 is 5.91 Å². The monoisotopic (exact) mass is 360 g/mol. The molecular weight excluding hydrogens is 328 g/mol. The number of carbonyl (C=O) groups excluding carboxylic acids is 1. The van der Waals surface area contributed by atoms with Crippen LogP contribution in [0.15, 0.2) is 18.2 Å². The van der Waals surface area contributed by atoms with Crippen LogP contribution < -0.4 is 10.1 Å². The van der Waals surface area contributed by atoms with Crippen LogP contribution in [0, 0.1) is 0 Å². The quantitative estimate of drug-likeness (QED) is 0.724. The number of hydrogen-bond acceptors (Lipinski definition) is 4. The Hall–Kier alpha value is -1.59. The van der Waals surface area contributed by atoms with Gasteiger partial charge in [0, 0.05) is 19.6 Å². The van der Waals surface area contributed by atoms with Gasteiger partial charge in [0.15, 0.2) is 6.10 Å². The molecule has 1 saturated heterocycles. The number of rotatable bonds is 8.